The van der Waals surface area contributed by atoms with Crippen LogP contribution in [0.5, 0.6) is 0 Å². The molecule has 0 aromatic heterocycles. The highest BCUT2D eigenvalue weighted by atomic mass is 32.2. The molecule has 0 aliphatic heterocycles. The monoisotopic (exact) mass is 150 g/mol. The molecule has 0 N–H and O–H groups in total. The zero-order valence-corrected chi connectivity index (χ0v) is 6.82. The Labute approximate surface area is 66.0 Å². The molecule has 0 fully saturated rings. The molecule has 0 amide bonds. The topological polar surface area (TPSA) is 0 Å². The van der Waals surface area contributed by atoms with E-state index in [1.807, 2.05) is 24.5 Å². The van der Waals surface area contributed by atoms with E-state index >= 15 is 0 Å². The molecule has 1 heteroatoms. The van der Waals surface area contributed by atoms with Crippen LogP contribution in [-0.2, 0) is 0 Å². The van der Waals surface area contributed by atoms with Crippen molar-refractivity contribution in [3.05, 3.63) is 42.5 Å². The smallest absolute Gasteiger partial charge is 0.00697 e. The standard InChI is InChI=1S/C9H10S/c1-8(10-2)9-6-4-3-5-7-9/h3-7H,1H2,2H3. The minimum absolute atomic E-state index is 1.13. The van der Waals surface area contributed by atoms with Gasteiger partial charge in [-0.1, -0.05) is 36.9 Å². The SMILES string of the molecule is C=C(SC)c1ccccc1. The summed E-state index contributed by atoms with van der Waals surface area (Å²) < 4.78 is 0. The maximum Gasteiger partial charge on any atom is 0.00697 e. The number of thioether (sulfide) groups is 1. The van der Waals surface area contributed by atoms with Crippen LogP contribution in [0.4, 0.5) is 0 Å². The molecule has 0 heterocycles. The van der Waals surface area contributed by atoms with Crippen LogP contribution >= 0.6 is 11.8 Å². The van der Waals surface area contributed by atoms with Gasteiger partial charge in [0.2, 0.25) is 0 Å². The molecule has 0 aliphatic carbocycles. The quantitative estimate of drug-likeness (QED) is 0.624. The Morgan fingerprint density at radius 2 is 1.90 bits per heavy atom. The lowest BCUT2D eigenvalue weighted by Gasteiger charge is -1.98. The van der Waals surface area contributed by atoms with Gasteiger partial charge < -0.3 is 0 Å². The zero-order chi connectivity index (χ0) is 7.40. The molecule has 1 aromatic rings. The lowest BCUT2D eigenvalue weighted by Crippen LogP contribution is -1.73. The predicted molar refractivity (Wildman–Crippen MR) is 49.0 cm³/mol. The Morgan fingerprint density at radius 1 is 1.30 bits per heavy atom. The van der Waals surface area contributed by atoms with Crippen LogP contribution in [-0.4, -0.2) is 6.26 Å². The fraction of sp³-hybridized carbons (Fsp3) is 0.111. The van der Waals surface area contributed by atoms with Gasteiger partial charge in [0.1, 0.15) is 0 Å². The fourth-order valence-corrected chi connectivity index (χ4v) is 1.11. The average molecular weight is 150 g/mol. The van der Waals surface area contributed by atoms with Gasteiger partial charge in [-0.15, -0.1) is 11.8 Å². The van der Waals surface area contributed by atoms with Crippen molar-refractivity contribution in [3.8, 4) is 0 Å². The highest BCUT2D eigenvalue weighted by Crippen LogP contribution is 2.21. The van der Waals surface area contributed by atoms with E-state index in [4.69, 9.17) is 0 Å². The Bertz CT molecular complexity index is 213. The molecule has 0 atom stereocenters. The summed E-state index contributed by atoms with van der Waals surface area (Å²) in [6, 6.07) is 10.2. The molecule has 0 bridgehead atoms. The van der Waals surface area contributed by atoms with Crippen LogP contribution in [0, 0.1) is 0 Å². The summed E-state index contributed by atoms with van der Waals surface area (Å²) in [7, 11) is 0. The van der Waals surface area contributed by atoms with Crippen LogP contribution in [0.15, 0.2) is 36.9 Å². The molecule has 0 radical (unpaired) electrons. The summed E-state index contributed by atoms with van der Waals surface area (Å²) in [5.41, 5.74) is 1.22. The lowest BCUT2D eigenvalue weighted by molar-refractivity contribution is 1.66. The first-order valence-electron chi connectivity index (χ1n) is 3.13. The van der Waals surface area contributed by atoms with Crippen molar-refractivity contribution in [1.29, 1.82) is 0 Å². The molecular weight excluding hydrogens is 140 g/mol. The third-order valence-electron chi connectivity index (χ3n) is 1.34. The third-order valence-corrected chi connectivity index (χ3v) is 2.07. The molecule has 0 nitrogen and oxygen atoms in total. The summed E-state index contributed by atoms with van der Waals surface area (Å²) in [6.45, 7) is 3.91. The Hall–Kier alpha value is -0.690. The molecule has 0 saturated carbocycles. The highest BCUT2D eigenvalue weighted by molar-refractivity contribution is 8.07. The van der Waals surface area contributed by atoms with Gasteiger partial charge in [0.25, 0.3) is 0 Å². The normalized spacial score (nSPS) is 9.30. The van der Waals surface area contributed by atoms with Gasteiger partial charge in [-0.25, -0.2) is 0 Å². The fourth-order valence-electron chi connectivity index (χ4n) is 0.742. The predicted octanol–water partition coefficient (Wildman–Crippen LogP) is 3.02. The van der Waals surface area contributed by atoms with E-state index in [0.29, 0.717) is 0 Å². The van der Waals surface area contributed by atoms with E-state index in [-0.39, 0.29) is 0 Å². The third kappa shape index (κ3) is 1.64. The first-order valence-corrected chi connectivity index (χ1v) is 4.35. The summed E-state index contributed by atoms with van der Waals surface area (Å²) in [6.07, 6.45) is 2.04. The number of hydrogen-bond acceptors (Lipinski definition) is 1. The number of rotatable bonds is 2. The van der Waals surface area contributed by atoms with E-state index in [2.05, 4.69) is 18.7 Å². The van der Waals surface area contributed by atoms with Crippen molar-refractivity contribution in [2.45, 2.75) is 0 Å². The van der Waals surface area contributed by atoms with Gasteiger partial charge in [0, 0.05) is 4.91 Å². The van der Waals surface area contributed by atoms with Crippen molar-refractivity contribution >= 4 is 16.7 Å². The number of hydrogen-bond donors (Lipinski definition) is 0. The molecule has 0 spiro atoms. The van der Waals surface area contributed by atoms with Gasteiger partial charge in [0.05, 0.1) is 0 Å². The first kappa shape index (κ1) is 7.42. The van der Waals surface area contributed by atoms with Crippen LogP contribution in [0.3, 0.4) is 0 Å². The van der Waals surface area contributed by atoms with Crippen molar-refractivity contribution < 1.29 is 0 Å². The summed E-state index contributed by atoms with van der Waals surface area (Å²) >= 11 is 1.68. The summed E-state index contributed by atoms with van der Waals surface area (Å²) in [5, 5.41) is 0. The van der Waals surface area contributed by atoms with Crippen LogP contribution < -0.4 is 0 Å². The maximum atomic E-state index is 3.91. The van der Waals surface area contributed by atoms with Crippen molar-refractivity contribution in [2.75, 3.05) is 6.26 Å². The average Bonchev–Trinajstić information content (AvgIpc) is 2.05. The maximum absolute atomic E-state index is 3.91. The molecule has 1 rings (SSSR count). The van der Waals surface area contributed by atoms with E-state index < -0.39 is 0 Å². The second kappa shape index (κ2) is 3.47. The molecule has 1 aromatic carbocycles. The first-order chi connectivity index (χ1) is 4.84. The highest BCUT2D eigenvalue weighted by Gasteiger charge is 1.92. The molecular formula is C9H10S. The number of benzene rings is 1. The Kier molecular flexibility index (Phi) is 2.57. The van der Waals surface area contributed by atoms with Crippen molar-refractivity contribution in [1.82, 2.24) is 0 Å². The molecule has 52 valence electrons. The van der Waals surface area contributed by atoms with Gasteiger partial charge >= 0.3 is 0 Å². The van der Waals surface area contributed by atoms with Crippen LogP contribution in [0.2, 0.25) is 0 Å². The summed E-state index contributed by atoms with van der Waals surface area (Å²) in [5.74, 6) is 0. The Morgan fingerprint density at radius 3 is 2.40 bits per heavy atom. The van der Waals surface area contributed by atoms with Gasteiger partial charge in [-0.05, 0) is 11.8 Å². The lowest BCUT2D eigenvalue weighted by atomic mass is 10.2. The second-order valence-corrected chi connectivity index (χ2v) is 2.89. The minimum atomic E-state index is 1.13. The van der Waals surface area contributed by atoms with Crippen molar-refractivity contribution in [3.63, 3.8) is 0 Å². The summed E-state index contributed by atoms with van der Waals surface area (Å²) in [4.78, 5) is 1.13. The van der Waals surface area contributed by atoms with Crippen LogP contribution in [0.1, 0.15) is 5.56 Å². The molecule has 10 heavy (non-hydrogen) atoms. The minimum Gasteiger partial charge on any atom is -0.130 e. The Balaban J connectivity index is 2.85. The molecule has 0 saturated heterocycles. The largest absolute Gasteiger partial charge is 0.130 e. The van der Waals surface area contributed by atoms with E-state index in [1.54, 1.807) is 11.8 Å². The molecule has 0 unspecified atom stereocenters. The zero-order valence-electron chi connectivity index (χ0n) is 6.00. The second-order valence-electron chi connectivity index (χ2n) is 1.99. The molecule has 0 aliphatic rings. The van der Waals surface area contributed by atoms with E-state index in [1.165, 1.54) is 5.56 Å². The van der Waals surface area contributed by atoms with Crippen molar-refractivity contribution in [2.24, 2.45) is 0 Å². The van der Waals surface area contributed by atoms with E-state index in [9.17, 15) is 0 Å². The van der Waals surface area contributed by atoms with Crippen LogP contribution in [0.25, 0.3) is 4.91 Å². The van der Waals surface area contributed by atoms with Gasteiger partial charge in [-0.3, -0.25) is 0 Å². The van der Waals surface area contributed by atoms with Gasteiger partial charge in [0.15, 0.2) is 0 Å². The van der Waals surface area contributed by atoms with Gasteiger partial charge in [-0.2, -0.15) is 0 Å². The van der Waals surface area contributed by atoms with E-state index in [0.717, 1.165) is 4.91 Å².